The van der Waals surface area contributed by atoms with E-state index < -0.39 is 0 Å². The Morgan fingerprint density at radius 1 is 1.33 bits per heavy atom. The van der Waals surface area contributed by atoms with Crippen molar-refractivity contribution in [3.63, 3.8) is 0 Å². The van der Waals surface area contributed by atoms with Crippen LogP contribution in [0.15, 0.2) is 54.3 Å². The Kier molecular flexibility index (Phi) is 6.01. The van der Waals surface area contributed by atoms with Gasteiger partial charge < -0.3 is 9.64 Å². The first kappa shape index (κ1) is 18.8. The molecule has 1 unspecified atom stereocenters. The van der Waals surface area contributed by atoms with Crippen molar-refractivity contribution in [2.75, 3.05) is 6.61 Å². The molecule has 0 spiro atoms. The summed E-state index contributed by atoms with van der Waals surface area (Å²) in [6, 6.07) is 9.86. The van der Waals surface area contributed by atoms with Crippen LogP contribution in [0.1, 0.15) is 44.0 Å². The first-order valence-electron chi connectivity index (χ1n) is 9.29. The minimum atomic E-state index is -0.190. The molecule has 1 amide bonds. The first-order valence-corrected chi connectivity index (χ1v) is 9.29. The summed E-state index contributed by atoms with van der Waals surface area (Å²) in [6.45, 7) is 4.84. The van der Waals surface area contributed by atoms with Gasteiger partial charge in [-0.2, -0.15) is 0 Å². The molecule has 5 nitrogen and oxygen atoms in total. The van der Waals surface area contributed by atoms with Gasteiger partial charge in [0, 0.05) is 18.0 Å². The number of rotatable bonds is 7. The largest absolute Gasteiger partial charge is 0.501 e. The van der Waals surface area contributed by atoms with E-state index in [4.69, 9.17) is 9.72 Å². The summed E-state index contributed by atoms with van der Waals surface area (Å²) in [6.07, 6.45) is 6.92. The molecule has 140 valence electrons. The Morgan fingerprint density at radius 2 is 2.15 bits per heavy atom. The fraction of sp³-hybridized carbons (Fsp3) is 0.318. The summed E-state index contributed by atoms with van der Waals surface area (Å²) in [4.78, 5) is 30.5. The summed E-state index contributed by atoms with van der Waals surface area (Å²) < 4.78 is 5.17. The predicted octanol–water partition coefficient (Wildman–Crippen LogP) is 4.09. The number of aldehydes is 1. The highest BCUT2D eigenvalue weighted by Gasteiger charge is 2.33. The maximum atomic E-state index is 12.7. The van der Waals surface area contributed by atoms with Gasteiger partial charge >= 0.3 is 0 Å². The molecule has 0 saturated carbocycles. The molecule has 0 radical (unpaired) electrons. The molecule has 3 rings (SSSR count). The third kappa shape index (κ3) is 4.08. The zero-order valence-electron chi connectivity index (χ0n) is 15.7. The average Bonchev–Trinajstić information content (AvgIpc) is 3.04. The lowest BCUT2D eigenvalue weighted by molar-refractivity contribution is -0.128. The van der Waals surface area contributed by atoms with Crippen molar-refractivity contribution in [1.29, 1.82) is 0 Å². The van der Waals surface area contributed by atoms with Crippen LogP contribution in [0.2, 0.25) is 0 Å². The van der Waals surface area contributed by atoms with Crippen LogP contribution in [-0.4, -0.2) is 28.7 Å². The van der Waals surface area contributed by atoms with Gasteiger partial charge in [-0.3, -0.25) is 14.6 Å². The van der Waals surface area contributed by atoms with Crippen molar-refractivity contribution in [2.45, 2.75) is 39.3 Å². The number of amides is 1. The van der Waals surface area contributed by atoms with Crippen molar-refractivity contribution in [1.82, 2.24) is 9.88 Å². The summed E-state index contributed by atoms with van der Waals surface area (Å²) in [5.41, 5.74) is 3.61. The van der Waals surface area contributed by atoms with Crippen LogP contribution < -0.4 is 0 Å². The van der Waals surface area contributed by atoms with Crippen LogP contribution >= 0.6 is 0 Å². The highest BCUT2D eigenvalue weighted by atomic mass is 16.5. The van der Waals surface area contributed by atoms with E-state index in [-0.39, 0.29) is 11.9 Å². The van der Waals surface area contributed by atoms with Crippen LogP contribution in [0.5, 0.6) is 0 Å². The van der Waals surface area contributed by atoms with Crippen molar-refractivity contribution < 1.29 is 14.3 Å². The molecule has 1 aromatic heterocycles. The number of benzene rings is 1. The van der Waals surface area contributed by atoms with Crippen molar-refractivity contribution in [2.24, 2.45) is 0 Å². The number of fused-ring (bicyclic) bond motifs is 2. The van der Waals surface area contributed by atoms with E-state index in [1.807, 2.05) is 44.2 Å². The molecule has 1 aliphatic rings. The lowest BCUT2D eigenvalue weighted by Crippen LogP contribution is -2.28. The molecule has 1 aromatic carbocycles. The molecule has 0 aliphatic carbocycles. The van der Waals surface area contributed by atoms with Crippen LogP contribution in [0.4, 0.5) is 0 Å². The minimum Gasteiger partial charge on any atom is -0.501 e. The summed E-state index contributed by atoms with van der Waals surface area (Å²) in [5, 5.41) is 1.06. The highest BCUT2D eigenvalue weighted by molar-refractivity contribution is 5.89. The number of allylic oxidation sites excluding steroid dienone is 1. The monoisotopic (exact) mass is 364 g/mol. The number of para-hydroxylation sites is 1. The van der Waals surface area contributed by atoms with Crippen LogP contribution in [0.3, 0.4) is 0 Å². The van der Waals surface area contributed by atoms with E-state index in [9.17, 15) is 9.59 Å². The number of carbonyl (C=O) groups excluding carboxylic acids is 2. The maximum absolute atomic E-state index is 12.7. The van der Waals surface area contributed by atoms with E-state index in [1.165, 1.54) is 12.3 Å². The SMILES string of the molecule is CCO/C=C/C(=O)N1Cc2cc3ccccc3nc2C1C/C=C(/C=O)CC. The minimum absolute atomic E-state index is 0.118. The van der Waals surface area contributed by atoms with Crippen molar-refractivity contribution >= 4 is 23.1 Å². The van der Waals surface area contributed by atoms with Crippen LogP contribution in [0.25, 0.3) is 10.9 Å². The van der Waals surface area contributed by atoms with Gasteiger partial charge in [0.1, 0.15) is 6.29 Å². The number of pyridine rings is 1. The van der Waals surface area contributed by atoms with E-state index >= 15 is 0 Å². The highest BCUT2D eigenvalue weighted by Crippen LogP contribution is 2.37. The Hall–Kier alpha value is -2.95. The van der Waals surface area contributed by atoms with Crippen LogP contribution in [0, 0.1) is 0 Å². The quantitative estimate of drug-likeness (QED) is 0.422. The molecule has 2 heterocycles. The van der Waals surface area contributed by atoms with Gasteiger partial charge in [0.25, 0.3) is 5.91 Å². The molecule has 2 aromatic rings. The third-order valence-electron chi connectivity index (χ3n) is 4.79. The van der Waals surface area contributed by atoms with Gasteiger partial charge in [-0.15, -0.1) is 0 Å². The molecule has 5 heteroatoms. The van der Waals surface area contributed by atoms with Crippen molar-refractivity contribution in [3.8, 4) is 0 Å². The number of ether oxygens (including phenoxy) is 1. The predicted molar refractivity (Wildman–Crippen MR) is 105 cm³/mol. The fourth-order valence-corrected chi connectivity index (χ4v) is 3.34. The van der Waals surface area contributed by atoms with Gasteiger partial charge in [-0.1, -0.05) is 31.2 Å². The van der Waals surface area contributed by atoms with E-state index in [0.29, 0.717) is 26.0 Å². The molecule has 0 N–H and O–H groups in total. The second-order valence-electron chi connectivity index (χ2n) is 6.45. The Morgan fingerprint density at radius 3 is 2.89 bits per heavy atom. The van der Waals surface area contributed by atoms with E-state index in [0.717, 1.165) is 34.0 Å². The zero-order chi connectivity index (χ0) is 19.2. The lowest BCUT2D eigenvalue weighted by Gasteiger charge is -2.22. The average molecular weight is 364 g/mol. The van der Waals surface area contributed by atoms with Gasteiger partial charge in [-0.25, -0.2) is 0 Å². The first-order chi connectivity index (χ1) is 13.2. The molecule has 0 bridgehead atoms. The number of hydrogen-bond acceptors (Lipinski definition) is 4. The molecule has 27 heavy (non-hydrogen) atoms. The maximum Gasteiger partial charge on any atom is 0.250 e. The number of nitrogens with zero attached hydrogens (tertiary/aromatic N) is 2. The smallest absolute Gasteiger partial charge is 0.250 e. The Bertz CT molecular complexity index is 902. The van der Waals surface area contributed by atoms with Gasteiger partial charge in [0.05, 0.1) is 30.1 Å². The fourth-order valence-electron chi connectivity index (χ4n) is 3.34. The third-order valence-corrected chi connectivity index (χ3v) is 4.79. The summed E-state index contributed by atoms with van der Waals surface area (Å²) >= 11 is 0. The second kappa shape index (κ2) is 8.62. The molecule has 1 atom stereocenters. The molecule has 0 saturated heterocycles. The molecular formula is C22H24N2O3. The summed E-state index contributed by atoms with van der Waals surface area (Å²) in [7, 11) is 0. The summed E-state index contributed by atoms with van der Waals surface area (Å²) in [5.74, 6) is -0.118. The molecule has 1 aliphatic heterocycles. The Balaban J connectivity index is 1.97. The number of hydrogen-bond donors (Lipinski definition) is 0. The molecule has 0 fully saturated rings. The van der Waals surface area contributed by atoms with Crippen molar-refractivity contribution in [3.05, 3.63) is 65.6 Å². The topological polar surface area (TPSA) is 59.5 Å². The normalized spacial score (nSPS) is 16.7. The van der Waals surface area contributed by atoms with Gasteiger partial charge in [0.15, 0.2) is 0 Å². The molecular weight excluding hydrogens is 340 g/mol. The van der Waals surface area contributed by atoms with E-state index in [1.54, 1.807) is 4.90 Å². The van der Waals surface area contributed by atoms with Crippen LogP contribution in [-0.2, 0) is 20.9 Å². The van der Waals surface area contributed by atoms with E-state index in [2.05, 4.69) is 6.07 Å². The number of aromatic nitrogens is 1. The second-order valence-corrected chi connectivity index (χ2v) is 6.45. The Labute approximate surface area is 159 Å². The number of carbonyl (C=O) groups is 2. The zero-order valence-corrected chi connectivity index (χ0v) is 15.7. The van der Waals surface area contributed by atoms with Gasteiger partial charge in [-0.05, 0) is 43.0 Å². The lowest BCUT2D eigenvalue weighted by atomic mass is 10.0. The van der Waals surface area contributed by atoms with Gasteiger partial charge in [0.2, 0.25) is 0 Å². The standard InChI is InChI=1S/C22H24N2O3/c1-3-16(15-25)9-10-20-22-18(13-17-7-5-6-8-19(17)23-22)14-24(20)21(26)11-12-27-4-2/h5-9,11-13,15,20H,3-4,10,14H2,1-2H3/b12-11+,16-9+.